The number of hydrogen-bond acceptors (Lipinski definition) is 2. The molecule has 3 heteroatoms. The molecule has 0 aliphatic carbocycles. The molecule has 0 radical (unpaired) electrons. The van der Waals surface area contributed by atoms with Crippen LogP contribution in [0.15, 0.2) is 53.3 Å². The first-order valence-electron chi connectivity index (χ1n) is 8.06. The third-order valence-electron chi connectivity index (χ3n) is 4.22. The number of rotatable bonds is 4. The molecule has 3 rings (SSSR count). The molecule has 0 fully saturated rings. The first-order valence-corrected chi connectivity index (χ1v) is 8.06. The zero-order chi connectivity index (χ0) is 16.4. The molecular formula is C20H21NO2. The fourth-order valence-electron chi connectivity index (χ4n) is 2.91. The van der Waals surface area contributed by atoms with Crippen LogP contribution in [0.25, 0.3) is 16.6 Å². The number of nitrogens with zero attached hydrogens (tertiary/aromatic N) is 1. The molecule has 0 saturated heterocycles. The largest absolute Gasteiger partial charge is 0.507 e. The Labute approximate surface area is 135 Å². The van der Waals surface area contributed by atoms with Gasteiger partial charge in [-0.3, -0.25) is 9.36 Å². The predicted molar refractivity (Wildman–Crippen MR) is 94.6 cm³/mol. The van der Waals surface area contributed by atoms with E-state index in [9.17, 15) is 9.90 Å². The molecule has 0 amide bonds. The lowest BCUT2D eigenvalue weighted by molar-refractivity contribution is 0.471. The molecule has 0 bridgehead atoms. The quantitative estimate of drug-likeness (QED) is 0.778. The number of hydrogen-bond donors (Lipinski definition) is 1. The highest BCUT2D eigenvalue weighted by atomic mass is 16.3. The predicted octanol–water partition coefficient (Wildman–Crippen LogP) is 4.35. The van der Waals surface area contributed by atoms with Gasteiger partial charge in [-0.15, -0.1) is 0 Å². The summed E-state index contributed by atoms with van der Waals surface area (Å²) in [4.78, 5) is 13.0. The SMILES string of the molecule is CCCCc1c(O)c2ccccc2n(-c2ccc(C)cc2)c1=O. The van der Waals surface area contributed by atoms with E-state index in [0.717, 1.165) is 35.0 Å². The van der Waals surface area contributed by atoms with Gasteiger partial charge in [-0.25, -0.2) is 0 Å². The van der Waals surface area contributed by atoms with Crippen molar-refractivity contribution in [3.63, 3.8) is 0 Å². The van der Waals surface area contributed by atoms with Crippen LogP contribution in [0.4, 0.5) is 0 Å². The van der Waals surface area contributed by atoms with E-state index in [1.807, 2.05) is 55.5 Å². The lowest BCUT2D eigenvalue weighted by Gasteiger charge is -2.15. The van der Waals surface area contributed by atoms with E-state index in [1.165, 1.54) is 0 Å². The van der Waals surface area contributed by atoms with Crippen molar-refractivity contribution in [2.75, 3.05) is 0 Å². The van der Waals surface area contributed by atoms with Gasteiger partial charge >= 0.3 is 0 Å². The molecule has 1 N–H and O–H groups in total. The average molecular weight is 307 g/mol. The van der Waals surface area contributed by atoms with Crippen LogP contribution in [-0.2, 0) is 6.42 Å². The highest BCUT2D eigenvalue weighted by molar-refractivity contribution is 5.87. The van der Waals surface area contributed by atoms with Gasteiger partial charge in [0, 0.05) is 11.1 Å². The summed E-state index contributed by atoms with van der Waals surface area (Å²) >= 11 is 0. The maximum absolute atomic E-state index is 13.0. The summed E-state index contributed by atoms with van der Waals surface area (Å²) in [5, 5.41) is 11.3. The minimum absolute atomic E-state index is 0.126. The van der Waals surface area contributed by atoms with Crippen LogP contribution >= 0.6 is 0 Å². The molecule has 23 heavy (non-hydrogen) atoms. The number of unbranched alkanes of at least 4 members (excludes halogenated alkanes) is 1. The molecule has 1 aromatic heterocycles. The number of para-hydroxylation sites is 1. The summed E-state index contributed by atoms with van der Waals surface area (Å²) in [6, 6.07) is 15.4. The first kappa shape index (κ1) is 15.3. The van der Waals surface area contributed by atoms with Gasteiger partial charge in [-0.1, -0.05) is 43.2 Å². The standard InChI is InChI=1S/C20H21NO2/c1-3-4-7-17-19(22)16-8-5-6-9-18(16)21(20(17)23)15-12-10-14(2)11-13-15/h5-6,8-13,22H,3-4,7H2,1-2H3. The van der Waals surface area contributed by atoms with E-state index in [2.05, 4.69) is 6.92 Å². The summed E-state index contributed by atoms with van der Waals surface area (Å²) in [7, 11) is 0. The fourth-order valence-corrected chi connectivity index (χ4v) is 2.91. The van der Waals surface area contributed by atoms with Gasteiger partial charge in [-0.2, -0.15) is 0 Å². The van der Waals surface area contributed by atoms with E-state index >= 15 is 0 Å². The van der Waals surface area contributed by atoms with Crippen molar-refractivity contribution in [2.45, 2.75) is 33.1 Å². The van der Waals surface area contributed by atoms with E-state index in [4.69, 9.17) is 0 Å². The third-order valence-corrected chi connectivity index (χ3v) is 4.22. The number of aromatic nitrogens is 1. The Balaban J connectivity index is 2.35. The van der Waals surface area contributed by atoms with Crippen LogP contribution in [0, 0.1) is 6.92 Å². The monoisotopic (exact) mass is 307 g/mol. The maximum atomic E-state index is 13.0. The van der Waals surface area contributed by atoms with Gasteiger partial charge in [0.2, 0.25) is 0 Å². The zero-order valence-electron chi connectivity index (χ0n) is 13.5. The Hall–Kier alpha value is -2.55. The van der Waals surface area contributed by atoms with Crippen LogP contribution in [0.3, 0.4) is 0 Å². The molecule has 2 aromatic carbocycles. The Morgan fingerprint density at radius 1 is 1.04 bits per heavy atom. The van der Waals surface area contributed by atoms with Gasteiger partial charge in [-0.05, 0) is 44.0 Å². The Kier molecular flexibility index (Phi) is 4.20. The molecule has 118 valence electrons. The smallest absolute Gasteiger partial charge is 0.262 e. The van der Waals surface area contributed by atoms with E-state index in [1.54, 1.807) is 4.57 Å². The second-order valence-corrected chi connectivity index (χ2v) is 5.92. The number of pyridine rings is 1. The Morgan fingerprint density at radius 3 is 2.43 bits per heavy atom. The molecule has 0 saturated carbocycles. The summed E-state index contributed by atoms with van der Waals surface area (Å²) in [6.07, 6.45) is 2.46. The highest BCUT2D eigenvalue weighted by Crippen LogP contribution is 2.28. The van der Waals surface area contributed by atoms with Gasteiger partial charge < -0.3 is 5.11 Å². The van der Waals surface area contributed by atoms with Crippen molar-refractivity contribution in [2.24, 2.45) is 0 Å². The molecular weight excluding hydrogens is 286 g/mol. The van der Waals surface area contributed by atoms with Crippen molar-refractivity contribution >= 4 is 10.9 Å². The minimum atomic E-state index is -0.126. The molecule has 3 aromatic rings. The lowest BCUT2D eigenvalue weighted by Crippen LogP contribution is -2.23. The normalized spacial score (nSPS) is 11.0. The van der Waals surface area contributed by atoms with Gasteiger partial charge in [0.1, 0.15) is 5.75 Å². The molecule has 0 unspecified atom stereocenters. The third kappa shape index (κ3) is 2.74. The lowest BCUT2D eigenvalue weighted by atomic mass is 10.0. The molecule has 1 heterocycles. The number of aromatic hydroxyl groups is 1. The van der Waals surface area contributed by atoms with Crippen molar-refractivity contribution in [1.82, 2.24) is 4.57 Å². The molecule has 0 atom stereocenters. The Morgan fingerprint density at radius 2 is 1.74 bits per heavy atom. The minimum Gasteiger partial charge on any atom is -0.507 e. The molecule has 0 spiro atoms. The second-order valence-electron chi connectivity index (χ2n) is 5.92. The first-order chi connectivity index (χ1) is 11.1. The molecule has 3 nitrogen and oxygen atoms in total. The van der Waals surface area contributed by atoms with Crippen molar-refractivity contribution in [1.29, 1.82) is 0 Å². The Bertz CT molecular complexity index is 892. The highest BCUT2D eigenvalue weighted by Gasteiger charge is 2.16. The maximum Gasteiger partial charge on any atom is 0.262 e. The summed E-state index contributed by atoms with van der Waals surface area (Å²) < 4.78 is 1.71. The van der Waals surface area contributed by atoms with Crippen LogP contribution < -0.4 is 5.56 Å². The van der Waals surface area contributed by atoms with Crippen molar-refractivity contribution in [3.05, 3.63) is 70.0 Å². The van der Waals surface area contributed by atoms with Gasteiger partial charge in [0.15, 0.2) is 0 Å². The van der Waals surface area contributed by atoms with Crippen LogP contribution in [0.5, 0.6) is 5.75 Å². The topological polar surface area (TPSA) is 42.2 Å². The van der Waals surface area contributed by atoms with Crippen LogP contribution in [0.1, 0.15) is 30.9 Å². The van der Waals surface area contributed by atoms with E-state index < -0.39 is 0 Å². The number of aryl methyl sites for hydroxylation is 1. The number of fused-ring (bicyclic) bond motifs is 1. The van der Waals surface area contributed by atoms with Crippen molar-refractivity contribution < 1.29 is 5.11 Å². The summed E-state index contributed by atoms with van der Waals surface area (Å²) in [5.74, 6) is 0.127. The van der Waals surface area contributed by atoms with Crippen LogP contribution in [-0.4, -0.2) is 9.67 Å². The van der Waals surface area contributed by atoms with Gasteiger partial charge in [0.05, 0.1) is 11.1 Å². The molecule has 0 aliphatic rings. The summed E-state index contributed by atoms with van der Waals surface area (Å²) in [5.41, 5.74) is 3.09. The van der Waals surface area contributed by atoms with E-state index in [0.29, 0.717) is 12.0 Å². The fraction of sp³-hybridized carbons (Fsp3) is 0.250. The molecule has 0 aliphatic heterocycles. The summed E-state index contributed by atoms with van der Waals surface area (Å²) in [6.45, 7) is 4.10. The van der Waals surface area contributed by atoms with Crippen molar-refractivity contribution in [3.8, 4) is 11.4 Å². The van der Waals surface area contributed by atoms with Gasteiger partial charge in [0.25, 0.3) is 5.56 Å². The number of benzene rings is 2. The average Bonchev–Trinajstić information content (AvgIpc) is 2.57. The van der Waals surface area contributed by atoms with Crippen LogP contribution in [0.2, 0.25) is 0 Å². The zero-order valence-corrected chi connectivity index (χ0v) is 13.5. The van der Waals surface area contributed by atoms with E-state index in [-0.39, 0.29) is 11.3 Å². The second kappa shape index (κ2) is 6.29.